The van der Waals surface area contributed by atoms with Gasteiger partial charge in [0.1, 0.15) is 6.33 Å². The molecule has 2 rings (SSSR count). The van der Waals surface area contributed by atoms with Crippen LogP contribution in [0.25, 0.3) is 0 Å². The number of aromatic nitrogens is 2. The zero-order valence-corrected chi connectivity index (χ0v) is 7.97. The lowest BCUT2D eigenvalue weighted by Crippen LogP contribution is -2.22. The predicted molar refractivity (Wildman–Crippen MR) is 50.5 cm³/mol. The number of rotatable bonds is 2. The second-order valence-corrected chi connectivity index (χ2v) is 3.53. The molecule has 1 atom stereocenters. The molecule has 1 saturated heterocycles. The van der Waals surface area contributed by atoms with Crippen molar-refractivity contribution < 1.29 is 9.84 Å². The number of hydrogen-bond acceptors (Lipinski definition) is 4. The summed E-state index contributed by atoms with van der Waals surface area (Å²) in [6, 6.07) is 1.76. The third-order valence-electron chi connectivity index (χ3n) is 2.62. The summed E-state index contributed by atoms with van der Waals surface area (Å²) in [6.07, 6.45) is 4.47. The van der Waals surface area contributed by atoms with Crippen molar-refractivity contribution in [2.45, 2.75) is 18.9 Å². The molecule has 1 N–H and O–H groups in total. The van der Waals surface area contributed by atoms with Crippen molar-refractivity contribution >= 4 is 0 Å². The van der Waals surface area contributed by atoms with Crippen molar-refractivity contribution in [3.8, 4) is 0 Å². The van der Waals surface area contributed by atoms with Crippen LogP contribution in [0.15, 0.2) is 18.6 Å². The van der Waals surface area contributed by atoms with E-state index in [0.29, 0.717) is 5.69 Å². The smallest absolute Gasteiger partial charge is 0.115 e. The minimum absolute atomic E-state index is 0.277. The van der Waals surface area contributed by atoms with E-state index in [-0.39, 0.29) is 5.92 Å². The van der Waals surface area contributed by atoms with Gasteiger partial charge in [0.05, 0.1) is 11.8 Å². The molecule has 14 heavy (non-hydrogen) atoms. The van der Waals surface area contributed by atoms with Gasteiger partial charge in [-0.25, -0.2) is 9.97 Å². The molecule has 0 bridgehead atoms. The Morgan fingerprint density at radius 3 is 2.86 bits per heavy atom. The van der Waals surface area contributed by atoms with Crippen LogP contribution in [0.2, 0.25) is 0 Å². The Bertz CT molecular complexity index is 273. The molecule has 1 unspecified atom stereocenters. The fourth-order valence-corrected chi connectivity index (χ4v) is 1.75. The summed E-state index contributed by atoms with van der Waals surface area (Å²) in [5.74, 6) is 0.277. The molecule has 0 spiro atoms. The third kappa shape index (κ3) is 2.08. The fourth-order valence-electron chi connectivity index (χ4n) is 1.75. The largest absolute Gasteiger partial charge is 0.387 e. The lowest BCUT2D eigenvalue weighted by Gasteiger charge is -2.26. The van der Waals surface area contributed by atoms with Crippen LogP contribution in [-0.2, 0) is 4.74 Å². The highest BCUT2D eigenvalue weighted by Gasteiger charge is 2.24. The molecule has 1 aromatic heterocycles. The number of aliphatic hydroxyl groups is 1. The van der Waals surface area contributed by atoms with E-state index in [1.54, 1.807) is 12.3 Å². The zero-order valence-electron chi connectivity index (χ0n) is 7.97. The van der Waals surface area contributed by atoms with Gasteiger partial charge in [-0.1, -0.05) is 0 Å². The van der Waals surface area contributed by atoms with Crippen molar-refractivity contribution in [1.82, 2.24) is 9.97 Å². The van der Waals surface area contributed by atoms with Crippen molar-refractivity contribution in [3.63, 3.8) is 0 Å². The van der Waals surface area contributed by atoms with Gasteiger partial charge in [0.25, 0.3) is 0 Å². The van der Waals surface area contributed by atoms with Gasteiger partial charge in [-0.3, -0.25) is 0 Å². The van der Waals surface area contributed by atoms with Crippen LogP contribution in [0.3, 0.4) is 0 Å². The molecule has 1 aliphatic heterocycles. The van der Waals surface area contributed by atoms with Crippen LogP contribution >= 0.6 is 0 Å². The Labute approximate surface area is 83.0 Å². The summed E-state index contributed by atoms with van der Waals surface area (Å²) >= 11 is 0. The lowest BCUT2D eigenvalue weighted by atomic mass is 9.92. The SMILES string of the molecule is OC(c1ccncn1)C1CCOCC1. The van der Waals surface area contributed by atoms with Crippen molar-refractivity contribution in [3.05, 3.63) is 24.3 Å². The van der Waals surface area contributed by atoms with Crippen LogP contribution in [0.4, 0.5) is 0 Å². The van der Waals surface area contributed by atoms with Gasteiger partial charge in [0, 0.05) is 19.4 Å². The standard InChI is InChI=1S/C10H14N2O2/c13-10(8-2-5-14-6-3-8)9-1-4-11-7-12-9/h1,4,7-8,10,13H,2-3,5-6H2. The molecule has 4 nitrogen and oxygen atoms in total. The highest BCUT2D eigenvalue weighted by atomic mass is 16.5. The Balaban J connectivity index is 2.03. The maximum atomic E-state index is 10.00. The van der Waals surface area contributed by atoms with E-state index < -0.39 is 6.10 Å². The molecule has 0 aromatic carbocycles. The first kappa shape index (κ1) is 9.55. The van der Waals surface area contributed by atoms with Gasteiger partial charge in [-0.15, -0.1) is 0 Å². The van der Waals surface area contributed by atoms with Crippen LogP contribution in [0.1, 0.15) is 24.6 Å². The molecular weight excluding hydrogens is 180 g/mol. The highest BCUT2D eigenvalue weighted by Crippen LogP contribution is 2.28. The average molecular weight is 194 g/mol. The van der Waals surface area contributed by atoms with Crippen LogP contribution in [0.5, 0.6) is 0 Å². The van der Waals surface area contributed by atoms with Crippen LogP contribution in [0, 0.1) is 5.92 Å². The van der Waals surface area contributed by atoms with E-state index >= 15 is 0 Å². The Morgan fingerprint density at radius 2 is 2.21 bits per heavy atom. The summed E-state index contributed by atoms with van der Waals surface area (Å²) in [6.45, 7) is 1.49. The quantitative estimate of drug-likeness (QED) is 0.761. The number of nitrogens with zero attached hydrogens (tertiary/aromatic N) is 2. The lowest BCUT2D eigenvalue weighted by molar-refractivity contribution is 0.00552. The van der Waals surface area contributed by atoms with Gasteiger partial charge in [0.15, 0.2) is 0 Å². The fraction of sp³-hybridized carbons (Fsp3) is 0.600. The van der Waals surface area contributed by atoms with Gasteiger partial charge in [-0.2, -0.15) is 0 Å². The number of aliphatic hydroxyl groups excluding tert-OH is 1. The van der Waals surface area contributed by atoms with Gasteiger partial charge < -0.3 is 9.84 Å². The molecule has 4 heteroatoms. The molecule has 0 amide bonds. The van der Waals surface area contributed by atoms with Crippen molar-refractivity contribution in [1.29, 1.82) is 0 Å². The first-order valence-electron chi connectivity index (χ1n) is 4.89. The summed E-state index contributed by atoms with van der Waals surface area (Å²) in [5, 5.41) is 10.00. The molecular formula is C10H14N2O2. The molecule has 2 heterocycles. The Morgan fingerprint density at radius 1 is 1.43 bits per heavy atom. The molecule has 1 aliphatic rings. The maximum absolute atomic E-state index is 10.00. The summed E-state index contributed by atoms with van der Waals surface area (Å²) in [5.41, 5.74) is 0.715. The predicted octanol–water partition coefficient (Wildman–Crippen LogP) is 0.937. The Kier molecular flexibility index (Phi) is 3.06. The second-order valence-electron chi connectivity index (χ2n) is 3.53. The molecule has 0 radical (unpaired) electrons. The van der Waals surface area contributed by atoms with E-state index in [2.05, 4.69) is 9.97 Å². The van der Waals surface area contributed by atoms with Crippen LogP contribution < -0.4 is 0 Å². The van der Waals surface area contributed by atoms with Gasteiger partial charge in [-0.05, 0) is 24.8 Å². The monoisotopic (exact) mass is 194 g/mol. The molecule has 1 fully saturated rings. The summed E-state index contributed by atoms with van der Waals surface area (Å²) in [4.78, 5) is 7.88. The van der Waals surface area contributed by atoms with E-state index in [0.717, 1.165) is 26.1 Å². The highest BCUT2D eigenvalue weighted by molar-refractivity contribution is 5.03. The minimum Gasteiger partial charge on any atom is -0.387 e. The second kappa shape index (κ2) is 4.48. The number of ether oxygens (including phenoxy) is 1. The first-order valence-corrected chi connectivity index (χ1v) is 4.89. The molecule has 76 valence electrons. The van der Waals surface area contributed by atoms with Crippen molar-refractivity contribution in [2.24, 2.45) is 5.92 Å². The van der Waals surface area contributed by atoms with Crippen molar-refractivity contribution in [2.75, 3.05) is 13.2 Å². The molecule has 1 aromatic rings. The topological polar surface area (TPSA) is 55.2 Å². The Hall–Kier alpha value is -1.00. The molecule has 0 aliphatic carbocycles. The van der Waals surface area contributed by atoms with Gasteiger partial charge >= 0.3 is 0 Å². The minimum atomic E-state index is -0.470. The first-order chi connectivity index (χ1) is 6.88. The number of hydrogen-bond donors (Lipinski definition) is 1. The average Bonchev–Trinajstić information content (AvgIpc) is 2.30. The third-order valence-corrected chi connectivity index (χ3v) is 2.62. The maximum Gasteiger partial charge on any atom is 0.115 e. The normalized spacial score (nSPS) is 20.6. The molecule has 0 saturated carbocycles. The van der Waals surface area contributed by atoms with Crippen LogP contribution in [-0.4, -0.2) is 28.3 Å². The van der Waals surface area contributed by atoms with E-state index in [4.69, 9.17) is 4.74 Å². The van der Waals surface area contributed by atoms with E-state index in [1.807, 2.05) is 0 Å². The summed E-state index contributed by atoms with van der Waals surface area (Å²) in [7, 11) is 0. The zero-order chi connectivity index (χ0) is 9.80. The van der Waals surface area contributed by atoms with Gasteiger partial charge in [0.2, 0.25) is 0 Å². The van der Waals surface area contributed by atoms with E-state index in [9.17, 15) is 5.11 Å². The summed E-state index contributed by atoms with van der Waals surface area (Å²) < 4.78 is 5.24. The van der Waals surface area contributed by atoms with E-state index in [1.165, 1.54) is 6.33 Å².